The van der Waals surface area contributed by atoms with Gasteiger partial charge in [-0.3, -0.25) is 0 Å². The fourth-order valence-electron chi connectivity index (χ4n) is 2.95. The first kappa shape index (κ1) is 18.2. The van der Waals surface area contributed by atoms with Crippen molar-refractivity contribution in [3.05, 3.63) is 78.5 Å². The van der Waals surface area contributed by atoms with Gasteiger partial charge in [-0.1, -0.05) is 54.7 Å². The molecule has 3 nitrogen and oxygen atoms in total. The monoisotopic (exact) mass is 362 g/mol. The van der Waals surface area contributed by atoms with E-state index in [1.165, 1.54) is 5.19 Å². The molecule has 1 aromatic heterocycles. The number of ether oxygens (including phenoxy) is 2. The number of hydrogen-bond donors (Lipinski definition) is 0. The van der Waals surface area contributed by atoms with Gasteiger partial charge in [0.05, 0.1) is 20.9 Å². The van der Waals surface area contributed by atoms with Crippen LogP contribution in [0.4, 0.5) is 0 Å². The van der Waals surface area contributed by atoms with Crippen LogP contribution < -0.4 is 14.7 Å². The first-order valence-corrected chi connectivity index (χ1v) is 12.1. The molecule has 3 aromatic rings. The lowest BCUT2D eigenvalue weighted by molar-refractivity contribution is 0.340. The highest BCUT2D eigenvalue weighted by molar-refractivity contribution is 6.89. The maximum Gasteiger partial charge on any atom is 0.222 e. The minimum atomic E-state index is -1.70. The van der Waals surface area contributed by atoms with Crippen molar-refractivity contribution in [1.82, 2.24) is 4.98 Å². The van der Waals surface area contributed by atoms with E-state index < -0.39 is 8.07 Å². The summed E-state index contributed by atoms with van der Waals surface area (Å²) in [4.78, 5) is 4.35. The third-order valence-corrected chi connectivity index (χ3v) is 7.50. The summed E-state index contributed by atoms with van der Waals surface area (Å²) in [5.74, 6) is 2.36. The summed E-state index contributed by atoms with van der Waals surface area (Å²) in [6.07, 6.45) is 2.89. The van der Waals surface area contributed by atoms with Crippen LogP contribution in [-0.4, -0.2) is 19.7 Å². The summed E-state index contributed by atoms with van der Waals surface area (Å²) in [5.41, 5.74) is 1.12. The quantitative estimate of drug-likeness (QED) is 0.567. The van der Waals surface area contributed by atoms with Gasteiger partial charge in [0.15, 0.2) is 0 Å². The molecule has 0 aliphatic rings. The molecule has 2 aromatic carbocycles. The highest BCUT2D eigenvalue weighted by Crippen LogP contribution is 2.25. The highest BCUT2D eigenvalue weighted by Gasteiger charge is 2.26. The third kappa shape index (κ3) is 4.52. The van der Waals surface area contributed by atoms with Gasteiger partial charge < -0.3 is 9.47 Å². The topological polar surface area (TPSA) is 31.4 Å². The van der Waals surface area contributed by atoms with Crippen LogP contribution in [0.1, 0.15) is 12.5 Å². The molecule has 0 N–H and O–H groups in total. The van der Waals surface area contributed by atoms with Crippen LogP contribution in [0.3, 0.4) is 0 Å². The Hall–Kier alpha value is -2.59. The molecule has 26 heavy (non-hydrogen) atoms. The van der Waals surface area contributed by atoms with Crippen molar-refractivity contribution in [3.8, 4) is 17.4 Å². The first-order valence-electron chi connectivity index (χ1n) is 8.91. The Morgan fingerprint density at radius 2 is 1.65 bits per heavy atom. The molecule has 0 amide bonds. The second kappa shape index (κ2) is 8.19. The van der Waals surface area contributed by atoms with Crippen molar-refractivity contribution in [1.29, 1.82) is 0 Å². The number of rotatable bonds is 7. The van der Waals surface area contributed by atoms with Gasteiger partial charge in [-0.2, -0.15) is 0 Å². The molecule has 0 spiro atoms. The van der Waals surface area contributed by atoms with Crippen molar-refractivity contribution in [2.45, 2.75) is 26.1 Å². The van der Waals surface area contributed by atoms with Crippen molar-refractivity contribution in [2.24, 2.45) is 0 Å². The Kier molecular flexibility index (Phi) is 5.74. The van der Waals surface area contributed by atoms with Gasteiger partial charge in [-0.15, -0.1) is 0 Å². The van der Waals surface area contributed by atoms with E-state index in [1.807, 2.05) is 43.3 Å². The zero-order valence-electron chi connectivity index (χ0n) is 15.5. The van der Waals surface area contributed by atoms with Crippen molar-refractivity contribution < 1.29 is 9.47 Å². The van der Waals surface area contributed by atoms with Crippen LogP contribution in [-0.2, 0) is 6.04 Å². The van der Waals surface area contributed by atoms with E-state index in [4.69, 9.17) is 9.47 Å². The Balaban J connectivity index is 1.81. The summed E-state index contributed by atoms with van der Waals surface area (Å²) in [6.45, 7) is 7.42. The lowest BCUT2D eigenvalue weighted by Gasteiger charge is -2.24. The van der Waals surface area contributed by atoms with Gasteiger partial charge in [0, 0.05) is 5.56 Å². The van der Waals surface area contributed by atoms with E-state index in [1.54, 1.807) is 0 Å². The molecule has 0 aliphatic carbocycles. The van der Waals surface area contributed by atoms with Gasteiger partial charge in [-0.25, -0.2) is 4.98 Å². The van der Waals surface area contributed by atoms with Crippen LogP contribution in [0.5, 0.6) is 17.4 Å². The van der Waals surface area contributed by atoms with E-state index in [0.717, 1.165) is 23.1 Å². The van der Waals surface area contributed by atoms with Crippen molar-refractivity contribution in [3.63, 3.8) is 0 Å². The van der Waals surface area contributed by atoms with Gasteiger partial charge in [0.2, 0.25) is 5.88 Å². The van der Waals surface area contributed by atoms with Crippen LogP contribution in [0.25, 0.3) is 0 Å². The molecule has 0 atom stereocenters. The number of pyridine rings is 1. The van der Waals surface area contributed by atoms with Crippen LogP contribution in [0.15, 0.2) is 66.7 Å². The summed E-state index contributed by atoms with van der Waals surface area (Å²) in [5, 5.41) is 1.39. The number of aromatic nitrogens is 1. The van der Waals surface area contributed by atoms with Crippen LogP contribution in [0, 0.1) is 6.20 Å². The maximum absolute atomic E-state index is 6.00. The summed E-state index contributed by atoms with van der Waals surface area (Å²) < 4.78 is 11.6. The molecule has 0 fully saturated rings. The van der Waals surface area contributed by atoms with E-state index in [0.29, 0.717) is 12.5 Å². The van der Waals surface area contributed by atoms with E-state index in [-0.39, 0.29) is 0 Å². The van der Waals surface area contributed by atoms with E-state index >= 15 is 0 Å². The molecule has 0 aliphatic heterocycles. The second-order valence-corrected chi connectivity index (χ2v) is 11.5. The molecule has 4 heteroatoms. The van der Waals surface area contributed by atoms with E-state index in [2.05, 4.69) is 54.6 Å². The zero-order chi connectivity index (χ0) is 18.4. The average molecular weight is 363 g/mol. The molecule has 0 bridgehead atoms. The number of hydrogen-bond acceptors (Lipinski definition) is 3. The SMILES string of the molecule is CCOc1ccc([Si](C)(C)Cc2cc[c]nc2Oc2ccccc2)cc1. The Bertz CT molecular complexity index is 832. The van der Waals surface area contributed by atoms with Crippen molar-refractivity contribution in [2.75, 3.05) is 6.61 Å². The number of benzene rings is 2. The van der Waals surface area contributed by atoms with E-state index in [9.17, 15) is 0 Å². The molecule has 3 rings (SSSR count). The largest absolute Gasteiger partial charge is 0.494 e. The predicted octanol–water partition coefficient (Wildman–Crippen LogP) is 4.77. The standard InChI is InChI=1S/C22H24NO2Si/c1-4-24-19-12-14-21(15-13-19)26(2,3)17-18-9-8-16-23-22(18)25-20-10-6-5-7-11-20/h5-15H,4,17H2,1-3H3. The highest BCUT2D eigenvalue weighted by atomic mass is 28.3. The van der Waals surface area contributed by atoms with Crippen LogP contribution in [0.2, 0.25) is 13.1 Å². The molecule has 0 saturated heterocycles. The lowest BCUT2D eigenvalue weighted by atomic mass is 10.3. The Morgan fingerprint density at radius 3 is 2.35 bits per heavy atom. The summed E-state index contributed by atoms with van der Waals surface area (Å²) in [7, 11) is -1.70. The maximum atomic E-state index is 6.00. The smallest absolute Gasteiger partial charge is 0.222 e. The minimum Gasteiger partial charge on any atom is -0.494 e. The number of para-hydroxylation sites is 1. The van der Waals surface area contributed by atoms with Gasteiger partial charge in [0.25, 0.3) is 0 Å². The third-order valence-electron chi connectivity index (χ3n) is 4.34. The van der Waals surface area contributed by atoms with Crippen molar-refractivity contribution >= 4 is 13.3 Å². The van der Waals surface area contributed by atoms with Crippen LogP contribution >= 0.6 is 0 Å². The van der Waals surface area contributed by atoms with Gasteiger partial charge in [-0.05, 0) is 43.3 Å². The second-order valence-electron chi connectivity index (χ2n) is 6.84. The predicted molar refractivity (Wildman–Crippen MR) is 108 cm³/mol. The molecule has 1 heterocycles. The molecular weight excluding hydrogens is 338 g/mol. The minimum absolute atomic E-state index is 0.644. The molecular formula is C22H24NO2Si. The zero-order valence-corrected chi connectivity index (χ0v) is 16.5. The molecule has 1 radical (unpaired) electrons. The lowest BCUT2D eigenvalue weighted by Crippen LogP contribution is -2.44. The fraction of sp³-hybridized carbons (Fsp3) is 0.227. The molecule has 0 saturated carbocycles. The normalized spacial score (nSPS) is 11.2. The number of nitrogens with zero attached hydrogens (tertiary/aromatic N) is 1. The molecule has 133 valence electrons. The van der Waals surface area contributed by atoms with Gasteiger partial charge in [0.1, 0.15) is 11.5 Å². The Morgan fingerprint density at radius 1 is 0.923 bits per heavy atom. The first-order chi connectivity index (χ1) is 12.6. The summed E-state index contributed by atoms with van der Waals surface area (Å²) in [6, 6.07) is 23.1. The summed E-state index contributed by atoms with van der Waals surface area (Å²) >= 11 is 0. The average Bonchev–Trinajstić information content (AvgIpc) is 2.65. The Labute approximate surface area is 156 Å². The fourth-order valence-corrected chi connectivity index (χ4v) is 5.44. The molecule has 0 unspecified atom stereocenters. The van der Waals surface area contributed by atoms with Gasteiger partial charge >= 0.3 is 0 Å².